The van der Waals surface area contributed by atoms with Gasteiger partial charge in [0.25, 0.3) is 0 Å². The molecule has 3 rings (SSSR count). The lowest BCUT2D eigenvalue weighted by Gasteiger charge is -2.16. The lowest BCUT2D eigenvalue weighted by Crippen LogP contribution is -2.29. The molecule has 1 atom stereocenters. The zero-order valence-corrected chi connectivity index (χ0v) is 12.3. The van der Waals surface area contributed by atoms with E-state index in [9.17, 15) is 0 Å². The summed E-state index contributed by atoms with van der Waals surface area (Å²) in [7, 11) is 0. The number of nitrogens with zero attached hydrogens (tertiary/aromatic N) is 1. The van der Waals surface area contributed by atoms with E-state index < -0.39 is 0 Å². The molecule has 3 N–H and O–H groups in total. The van der Waals surface area contributed by atoms with Crippen molar-refractivity contribution in [3.63, 3.8) is 0 Å². The number of aromatic nitrogens is 1. The summed E-state index contributed by atoms with van der Waals surface area (Å²) in [6.07, 6.45) is 2.91. The number of hydrazine groups is 1. The van der Waals surface area contributed by atoms with Crippen LogP contribution in [0.25, 0.3) is 0 Å². The third kappa shape index (κ3) is 3.23. The number of fused-ring (bicyclic) bond motifs is 1. The summed E-state index contributed by atoms with van der Waals surface area (Å²) < 4.78 is 5.54. The van der Waals surface area contributed by atoms with Crippen LogP contribution in [0.2, 0.25) is 0 Å². The molecule has 0 radical (unpaired) electrons. The summed E-state index contributed by atoms with van der Waals surface area (Å²) in [6, 6.07) is 12.6. The first kappa shape index (κ1) is 14.0. The minimum absolute atomic E-state index is 0.0782. The van der Waals surface area contributed by atoms with Crippen molar-refractivity contribution in [2.75, 3.05) is 6.61 Å². The maximum absolute atomic E-state index is 5.70. The molecule has 0 saturated carbocycles. The second-order valence-corrected chi connectivity index (χ2v) is 5.50. The van der Waals surface area contributed by atoms with Crippen molar-refractivity contribution in [2.24, 2.45) is 5.84 Å². The normalized spacial score (nSPS) is 14.6. The van der Waals surface area contributed by atoms with Crippen LogP contribution in [0.4, 0.5) is 0 Å². The third-order valence-electron chi connectivity index (χ3n) is 3.94. The molecule has 0 aliphatic carbocycles. The van der Waals surface area contributed by atoms with E-state index in [-0.39, 0.29) is 6.04 Å². The van der Waals surface area contributed by atoms with Gasteiger partial charge in [0, 0.05) is 12.1 Å². The molecule has 1 aliphatic heterocycles. The van der Waals surface area contributed by atoms with E-state index in [0.29, 0.717) is 0 Å². The van der Waals surface area contributed by atoms with Crippen molar-refractivity contribution in [1.82, 2.24) is 10.4 Å². The molecule has 2 heterocycles. The number of ether oxygens (including phenoxy) is 1. The summed E-state index contributed by atoms with van der Waals surface area (Å²) in [5.41, 5.74) is 7.54. The highest BCUT2D eigenvalue weighted by molar-refractivity contribution is 5.39. The SMILES string of the molecule is Cc1cccc(C(CCc2ccc3c(c2)CCO3)NN)n1. The van der Waals surface area contributed by atoms with Gasteiger partial charge < -0.3 is 4.74 Å². The van der Waals surface area contributed by atoms with Crippen LogP contribution in [0.1, 0.15) is 35.0 Å². The Hall–Kier alpha value is -1.91. The van der Waals surface area contributed by atoms with Gasteiger partial charge in [0.15, 0.2) is 0 Å². The molecule has 1 aromatic carbocycles. The van der Waals surface area contributed by atoms with Crippen LogP contribution in [0.15, 0.2) is 36.4 Å². The molecule has 21 heavy (non-hydrogen) atoms. The first-order valence-corrected chi connectivity index (χ1v) is 7.40. The smallest absolute Gasteiger partial charge is 0.122 e. The molecule has 1 unspecified atom stereocenters. The van der Waals surface area contributed by atoms with Gasteiger partial charge in [-0.3, -0.25) is 16.3 Å². The summed E-state index contributed by atoms with van der Waals surface area (Å²) >= 11 is 0. The van der Waals surface area contributed by atoms with Gasteiger partial charge in [0.2, 0.25) is 0 Å². The Morgan fingerprint density at radius 2 is 2.24 bits per heavy atom. The van der Waals surface area contributed by atoms with Crippen molar-refractivity contribution >= 4 is 0 Å². The summed E-state index contributed by atoms with van der Waals surface area (Å²) in [5.74, 6) is 6.73. The fourth-order valence-corrected chi connectivity index (χ4v) is 2.78. The first-order valence-electron chi connectivity index (χ1n) is 7.40. The lowest BCUT2D eigenvalue weighted by atomic mass is 10.0. The van der Waals surface area contributed by atoms with E-state index in [4.69, 9.17) is 10.6 Å². The zero-order chi connectivity index (χ0) is 14.7. The molecular weight excluding hydrogens is 262 g/mol. The fraction of sp³-hybridized carbons (Fsp3) is 0.353. The average Bonchev–Trinajstić information content (AvgIpc) is 2.95. The highest BCUT2D eigenvalue weighted by Gasteiger charge is 2.14. The Morgan fingerprint density at radius 1 is 1.33 bits per heavy atom. The van der Waals surface area contributed by atoms with Gasteiger partial charge in [-0.1, -0.05) is 18.2 Å². The van der Waals surface area contributed by atoms with Gasteiger partial charge in [-0.15, -0.1) is 0 Å². The number of benzene rings is 1. The van der Waals surface area contributed by atoms with Crippen LogP contribution in [0.3, 0.4) is 0 Å². The average molecular weight is 283 g/mol. The second kappa shape index (κ2) is 6.24. The van der Waals surface area contributed by atoms with Crippen LogP contribution in [-0.4, -0.2) is 11.6 Å². The van der Waals surface area contributed by atoms with Gasteiger partial charge >= 0.3 is 0 Å². The molecule has 1 aromatic heterocycles. The van der Waals surface area contributed by atoms with Gasteiger partial charge in [0.1, 0.15) is 5.75 Å². The largest absolute Gasteiger partial charge is 0.493 e. The Kier molecular flexibility index (Phi) is 4.18. The molecule has 0 amide bonds. The Balaban J connectivity index is 1.68. The second-order valence-electron chi connectivity index (χ2n) is 5.50. The lowest BCUT2D eigenvalue weighted by molar-refractivity contribution is 0.357. The van der Waals surface area contributed by atoms with E-state index in [1.807, 2.05) is 25.1 Å². The van der Waals surface area contributed by atoms with Crippen LogP contribution in [-0.2, 0) is 12.8 Å². The van der Waals surface area contributed by atoms with Crippen molar-refractivity contribution < 1.29 is 4.74 Å². The molecule has 4 heteroatoms. The van der Waals surface area contributed by atoms with Crippen molar-refractivity contribution in [1.29, 1.82) is 0 Å². The van der Waals surface area contributed by atoms with E-state index in [1.165, 1.54) is 11.1 Å². The molecule has 110 valence electrons. The standard InChI is InChI=1S/C17H21N3O/c1-12-3-2-4-15(19-12)16(20-18)7-5-13-6-8-17-14(11-13)9-10-21-17/h2-4,6,8,11,16,20H,5,7,9-10,18H2,1H3. The van der Waals surface area contributed by atoms with Gasteiger partial charge in [-0.25, -0.2) is 0 Å². The summed E-state index contributed by atoms with van der Waals surface area (Å²) in [4.78, 5) is 4.55. The van der Waals surface area contributed by atoms with E-state index in [0.717, 1.165) is 43.0 Å². The predicted octanol–water partition coefficient (Wildman–Crippen LogP) is 2.46. The maximum atomic E-state index is 5.70. The number of nitrogens with one attached hydrogen (secondary N) is 1. The van der Waals surface area contributed by atoms with Crippen LogP contribution >= 0.6 is 0 Å². The van der Waals surface area contributed by atoms with Crippen LogP contribution in [0.5, 0.6) is 5.75 Å². The summed E-state index contributed by atoms with van der Waals surface area (Å²) in [5, 5.41) is 0. The molecule has 2 aromatic rings. The highest BCUT2D eigenvalue weighted by atomic mass is 16.5. The fourth-order valence-electron chi connectivity index (χ4n) is 2.78. The molecule has 0 spiro atoms. The Labute approximate surface area is 125 Å². The highest BCUT2D eigenvalue weighted by Crippen LogP contribution is 2.27. The van der Waals surface area contributed by atoms with Crippen LogP contribution in [0, 0.1) is 6.92 Å². The minimum Gasteiger partial charge on any atom is -0.493 e. The predicted molar refractivity (Wildman–Crippen MR) is 83.0 cm³/mol. The number of aryl methyl sites for hydroxylation is 2. The van der Waals surface area contributed by atoms with Crippen molar-refractivity contribution in [3.8, 4) is 5.75 Å². The Morgan fingerprint density at radius 3 is 3.05 bits per heavy atom. The number of hydrogen-bond donors (Lipinski definition) is 2. The van der Waals surface area contributed by atoms with E-state index in [1.54, 1.807) is 0 Å². The number of pyridine rings is 1. The first-order chi connectivity index (χ1) is 10.3. The summed E-state index contributed by atoms with van der Waals surface area (Å²) in [6.45, 7) is 2.80. The third-order valence-corrected chi connectivity index (χ3v) is 3.94. The monoisotopic (exact) mass is 283 g/mol. The van der Waals surface area contributed by atoms with E-state index >= 15 is 0 Å². The topological polar surface area (TPSA) is 60.2 Å². The van der Waals surface area contributed by atoms with Gasteiger partial charge in [-0.2, -0.15) is 0 Å². The molecule has 0 bridgehead atoms. The molecule has 1 aliphatic rings. The van der Waals surface area contributed by atoms with E-state index in [2.05, 4.69) is 28.6 Å². The maximum Gasteiger partial charge on any atom is 0.122 e. The Bertz CT molecular complexity index is 627. The van der Waals surface area contributed by atoms with Gasteiger partial charge in [-0.05, 0) is 49.1 Å². The minimum atomic E-state index is 0.0782. The van der Waals surface area contributed by atoms with Gasteiger partial charge in [0.05, 0.1) is 18.3 Å². The zero-order valence-electron chi connectivity index (χ0n) is 12.3. The molecular formula is C17H21N3O. The quantitative estimate of drug-likeness (QED) is 0.653. The number of rotatable bonds is 5. The molecule has 4 nitrogen and oxygen atoms in total. The van der Waals surface area contributed by atoms with Crippen LogP contribution < -0.4 is 16.0 Å². The molecule has 0 fully saturated rings. The number of hydrogen-bond acceptors (Lipinski definition) is 4. The van der Waals surface area contributed by atoms with Crippen molar-refractivity contribution in [3.05, 3.63) is 58.9 Å². The molecule has 0 saturated heterocycles. The number of nitrogens with two attached hydrogens (primary N) is 1. The van der Waals surface area contributed by atoms with Crippen molar-refractivity contribution in [2.45, 2.75) is 32.2 Å².